The minimum atomic E-state index is -1.01. The lowest BCUT2D eigenvalue weighted by atomic mass is 9.74. The van der Waals surface area contributed by atoms with Crippen molar-refractivity contribution in [1.82, 2.24) is 19.1 Å². The summed E-state index contributed by atoms with van der Waals surface area (Å²) in [5.41, 5.74) is 2.15. The molecule has 2 aliphatic rings. The molecule has 2 aromatic rings. The van der Waals surface area contributed by atoms with E-state index in [0.29, 0.717) is 6.04 Å². The highest BCUT2D eigenvalue weighted by Crippen LogP contribution is 2.47. The summed E-state index contributed by atoms with van der Waals surface area (Å²) in [6.45, 7) is 10.1. The van der Waals surface area contributed by atoms with Crippen LogP contribution in [0.3, 0.4) is 0 Å². The number of hydrogen-bond donors (Lipinski definition) is 1. The highest BCUT2D eigenvalue weighted by atomic mass is 79.9. The van der Waals surface area contributed by atoms with E-state index in [1.807, 2.05) is 40.1 Å². The van der Waals surface area contributed by atoms with Gasteiger partial charge in [-0.15, -0.1) is 0 Å². The number of halogens is 1. The van der Waals surface area contributed by atoms with Crippen LogP contribution in [0.25, 0.3) is 5.65 Å². The van der Waals surface area contributed by atoms with Gasteiger partial charge in [0.15, 0.2) is 5.65 Å². The molecule has 0 amide bonds. The number of imidazole rings is 1. The molecule has 2 atom stereocenters. The highest BCUT2D eigenvalue weighted by Gasteiger charge is 2.46. The molecular formula is C20H30BrN5OS. The lowest BCUT2D eigenvalue weighted by Gasteiger charge is -2.44. The van der Waals surface area contributed by atoms with E-state index in [2.05, 4.69) is 34.9 Å². The van der Waals surface area contributed by atoms with E-state index in [9.17, 15) is 4.21 Å². The van der Waals surface area contributed by atoms with Gasteiger partial charge in [-0.3, -0.25) is 4.40 Å². The molecule has 1 saturated heterocycles. The van der Waals surface area contributed by atoms with Crippen molar-refractivity contribution < 1.29 is 4.21 Å². The minimum Gasteiger partial charge on any atom is -0.342 e. The second kappa shape index (κ2) is 7.36. The van der Waals surface area contributed by atoms with Gasteiger partial charge in [0.1, 0.15) is 0 Å². The van der Waals surface area contributed by atoms with E-state index < -0.39 is 11.0 Å². The number of rotatable bonds is 3. The zero-order chi connectivity index (χ0) is 20.1. The van der Waals surface area contributed by atoms with Crippen LogP contribution in [0.1, 0.15) is 58.6 Å². The summed E-state index contributed by atoms with van der Waals surface area (Å²) < 4.78 is 19.0. The topological polar surface area (TPSA) is 62.5 Å². The molecule has 8 heteroatoms. The van der Waals surface area contributed by atoms with Crippen molar-refractivity contribution in [2.24, 2.45) is 5.41 Å². The molecule has 1 N–H and O–H groups in total. The monoisotopic (exact) mass is 467 g/mol. The quantitative estimate of drug-likeness (QED) is 0.740. The summed E-state index contributed by atoms with van der Waals surface area (Å²) in [5, 5.41) is 0. The maximum atomic E-state index is 12.7. The second-order valence-electron chi connectivity index (χ2n) is 9.23. The Morgan fingerprint density at radius 2 is 2.00 bits per heavy atom. The van der Waals surface area contributed by atoms with Crippen LogP contribution >= 0.6 is 15.9 Å². The Hall–Kier alpha value is -0.990. The average molecular weight is 468 g/mol. The Kier molecular flexibility index (Phi) is 5.33. The van der Waals surface area contributed by atoms with E-state index in [1.165, 1.54) is 12.8 Å². The smallest absolute Gasteiger partial charge is 0.211 e. The van der Waals surface area contributed by atoms with Crippen LogP contribution in [0.4, 0.5) is 5.95 Å². The second-order valence-corrected chi connectivity index (χ2v) is 12.0. The van der Waals surface area contributed by atoms with E-state index in [1.54, 1.807) is 0 Å². The Morgan fingerprint density at radius 3 is 2.68 bits per heavy atom. The standard InChI is InChI=1S/C20H30BrN5OS/c1-14-16(21)17-22-10-13-26(17)18(23-14)25-11-8-20(9-12-25)7-5-6-15(20)24-28(27)19(2,3)4/h10,13,15,24H,5-9,11-12H2,1-4H3/t15-,28-/m1/s1. The van der Waals surface area contributed by atoms with E-state index in [4.69, 9.17) is 4.98 Å². The lowest BCUT2D eigenvalue weighted by Crippen LogP contribution is -2.51. The highest BCUT2D eigenvalue weighted by molar-refractivity contribution is 9.10. The van der Waals surface area contributed by atoms with E-state index >= 15 is 0 Å². The zero-order valence-corrected chi connectivity index (χ0v) is 19.6. The summed E-state index contributed by atoms with van der Waals surface area (Å²) in [7, 11) is -1.01. The third-order valence-corrected chi connectivity index (χ3v) is 8.93. The van der Waals surface area contributed by atoms with Gasteiger partial charge < -0.3 is 4.90 Å². The molecule has 0 radical (unpaired) electrons. The molecule has 3 heterocycles. The van der Waals surface area contributed by atoms with Crippen LogP contribution in [-0.2, 0) is 11.0 Å². The fourth-order valence-corrected chi connectivity index (χ4v) is 6.01. The van der Waals surface area contributed by atoms with Gasteiger partial charge in [-0.25, -0.2) is 18.9 Å². The molecule has 1 aliphatic heterocycles. The van der Waals surface area contributed by atoms with Gasteiger partial charge in [0.2, 0.25) is 5.95 Å². The third-order valence-electron chi connectivity index (χ3n) is 6.39. The van der Waals surface area contributed by atoms with Gasteiger partial charge in [-0.1, -0.05) is 6.42 Å². The first-order valence-corrected chi connectivity index (χ1v) is 12.1. The van der Waals surface area contributed by atoms with Crippen molar-refractivity contribution >= 4 is 38.5 Å². The summed E-state index contributed by atoms with van der Waals surface area (Å²) in [5.74, 6) is 0.976. The predicted molar refractivity (Wildman–Crippen MR) is 118 cm³/mol. The Morgan fingerprint density at radius 1 is 1.29 bits per heavy atom. The zero-order valence-electron chi connectivity index (χ0n) is 17.2. The molecule has 0 aromatic carbocycles. The molecule has 2 fully saturated rings. The molecule has 1 aliphatic carbocycles. The third kappa shape index (κ3) is 3.52. The number of nitrogens with zero attached hydrogens (tertiary/aromatic N) is 4. The number of aromatic nitrogens is 3. The van der Waals surface area contributed by atoms with Crippen molar-refractivity contribution in [3.8, 4) is 0 Å². The molecule has 28 heavy (non-hydrogen) atoms. The summed E-state index contributed by atoms with van der Waals surface area (Å²) in [6.07, 6.45) is 9.61. The van der Waals surface area contributed by atoms with Gasteiger partial charge >= 0.3 is 0 Å². The maximum absolute atomic E-state index is 12.7. The van der Waals surface area contributed by atoms with E-state index in [0.717, 1.165) is 54.1 Å². The largest absolute Gasteiger partial charge is 0.342 e. The number of fused-ring (bicyclic) bond motifs is 1. The van der Waals surface area contributed by atoms with Crippen LogP contribution in [0, 0.1) is 12.3 Å². The van der Waals surface area contributed by atoms with E-state index in [-0.39, 0.29) is 10.2 Å². The average Bonchev–Trinajstić information content (AvgIpc) is 3.27. The normalized spacial score (nSPS) is 23.6. The number of nitrogens with one attached hydrogen (secondary N) is 1. The maximum Gasteiger partial charge on any atom is 0.211 e. The van der Waals surface area contributed by atoms with Crippen molar-refractivity contribution in [2.75, 3.05) is 18.0 Å². The van der Waals surface area contributed by atoms with Crippen LogP contribution in [0.2, 0.25) is 0 Å². The van der Waals surface area contributed by atoms with Gasteiger partial charge in [0, 0.05) is 31.5 Å². The molecule has 1 spiro atoms. The molecule has 6 nitrogen and oxygen atoms in total. The molecule has 4 rings (SSSR count). The van der Waals surface area contributed by atoms with Crippen molar-refractivity contribution in [3.63, 3.8) is 0 Å². The predicted octanol–water partition coefficient (Wildman–Crippen LogP) is 3.99. The fourth-order valence-electron chi connectivity index (χ4n) is 4.64. The van der Waals surface area contributed by atoms with Gasteiger partial charge in [-0.2, -0.15) is 0 Å². The van der Waals surface area contributed by atoms with Gasteiger partial charge in [-0.05, 0) is 74.7 Å². The Balaban J connectivity index is 1.53. The van der Waals surface area contributed by atoms with Crippen LogP contribution in [0.5, 0.6) is 0 Å². The van der Waals surface area contributed by atoms with Crippen molar-refractivity contribution in [2.45, 2.75) is 70.6 Å². The Bertz CT molecular complexity index is 898. The molecular weight excluding hydrogens is 438 g/mol. The van der Waals surface area contributed by atoms with Crippen molar-refractivity contribution in [3.05, 3.63) is 22.6 Å². The lowest BCUT2D eigenvalue weighted by molar-refractivity contribution is 0.187. The van der Waals surface area contributed by atoms with Crippen LogP contribution in [0.15, 0.2) is 16.9 Å². The SMILES string of the molecule is Cc1nc(N2CCC3(CCC[C@H]3N[S@](=O)C(C)(C)C)CC2)n2ccnc2c1Br. The molecule has 154 valence electrons. The van der Waals surface area contributed by atoms with Crippen LogP contribution in [-0.4, -0.2) is 42.5 Å². The molecule has 0 unspecified atom stereocenters. The first-order valence-electron chi connectivity index (χ1n) is 10.1. The summed E-state index contributed by atoms with van der Waals surface area (Å²) >= 11 is 3.61. The van der Waals surface area contributed by atoms with Gasteiger partial charge in [0.25, 0.3) is 0 Å². The molecule has 1 saturated carbocycles. The molecule has 0 bridgehead atoms. The number of aryl methyl sites for hydroxylation is 1. The summed E-state index contributed by atoms with van der Waals surface area (Å²) in [6, 6.07) is 0.350. The number of hydrogen-bond acceptors (Lipinski definition) is 4. The van der Waals surface area contributed by atoms with Crippen molar-refractivity contribution in [1.29, 1.82) is 0 Å². The molecule has 2 aromatic heterocycles. The number of anilines is 1. The Labute approximate surface area is 178 Å². The fraction of sp³-hybridized carbons (Fsp3) is 0.700. The van der Waals surface area contributed by atoms with Gasteiger partial charge in [0.05, 0.1) is 25.9 Å². The first kappa shape index (κ1) is 20.3. The number of piperidine rings is 1. The first-order chi connectivity index (χ1) is 13.2. The summed E-state index contributed by atoms with van der Waals surface area (Å²) in [4.78, 5) is 11.7. The van der Waals surface area contributed by atoms with Crippen LogP contribution < -0.4 is 9.62 Å². The minimum absolute atomic E-state index is 0.226.